The van der Waals surface area contributed by atoms with Gasteiger partial charge in [0, 0.05) is 37.4 Å². The summed E-state index contributed by atoms with van der Waals surface area (Å²) in [6.45, 7) is 9.04. The van der Waals surface area contributed by atoms with Crippen LogP contribution in [-0.2, 0) is 11.2 Å². The highest BCUT2D eigenvalue weighted by Crippen LogP contribution is 2.36. The van der Waals surface area contributed by atoms with Gasteiger partial charge in [0.05, 0.1) is 12.2 Å². The summed E-state index contributed by atoms with van der Waals surface area (Å²) in [7, 11) is 0. The van der Waals surface area contributed by atoms with Crippen LogP contribution in [0.25, 0.3) is 0 Å². The number of hydrogen-bond acceptors (Lipinski definition) is 4. The number of hydrogen-bond donors (Lipinski definition) is 0. The third-order valence-corrected chi connectivity index (χ3v) is 10.6. The van der Waals surface area contributed by atoms with Crippen molar-refractivity contribution in [3.05, 3.63) is 64.7 Å². The van der Waals surface area contributed by atoms with Crippen LogP contribution < -0.4 is 0 Å². The van der Waals surface area contributed by atoms with Gasteiger partial charge in [0.2, 0.25) is 0 Å². The van der Waals surface area contributed by atoms with Crippen LogP contribution in [0.3, 0.4) is 0 Å². The van der Waals surface area contributed by atoms with Crippen molar-refractivity contribution in [2.45, 2.75) is 116 Å². The molecule has 2 heterocycles. The maximum atomic E-state index is 13.4. The lowest BCUT2D eigenvalue weighted by Gasteiger charge is -2.29. The molecule has 1 aliphatic carbocycles. The number of fused-ring (bicyclic) bond motifs is 1. The fraction of sp³-hybridized carbons (Fsp3) is 0.632. The van der Waals surface area contributed by atoms with Gasteiger partial charge in [-0.2, -0.15) is 10.2 Å². The van der Waals surface area contributed by atoms with Gasteiger partial charge in [-0.25, -0.2) is 0 Å². The minimum atomic E-state index is 0.176. The molecule has 2 unspecified atom stereocenters. The molecule has 0 bridgehead atoms. The SMILES string of the molecule is CC(C)c1ccc(CCC(=O)CCC2CCC(CCC3CCCN(C(=O)c4ccc5c(c4)C(C)CN=N5)CC3)CC2)cc1. The number of ketones is 1. The number of likely N-dealkylation sites (tertiary alicyclic amines) is 1. The molecule has 0 aromatic heterocycles. The third-order valence-electron chi connectivity index (χ3n) is 10.6. The zero-order chi connectivity index (χ0) is 30.2. The first kappa shape index (κ1) is 31.6. The Bertz CT molecular complexity index is 1240. The van der Waals surface area contributed by atoms with Crippen LogP contribution in [0.5, 0.6) is 0 Å². The van der Waals surface area contributed by atoms with Gasteiger partial charge in [0.15, 0.2) is 0 Å². The van der Waals surface area contributed by atoms with E-state index in [-0.39, 0.29) is 5.91 Å². The molecule has 2 fully saturated rings. The molecule has 2 aromatic rings. The number of azo groups is 1. The van der Waals surface area contributed by atoms with Crippen LogP contribution in [0.1, 0.15) is 137 Å². The molecule has 1 saturated heterocycles. The zero-order valence-corrected chi connectivity index (χ0v) is 26.9. The molecule has 5 rings (SSSR count). The lowest BCUT2D eigenvalue weighted by Crippen LogP contribution is -2.32. The molecule has 2 atom stereocenters. The van der Waals surface area contributed by atoms with Gasteiger partial charge in [-0.05, 0) is 90.7 Å². The molecule has 5 nitrogen and oxygen atoms in total. The van der Waals surface area contributed by atoms with Gasteiger partial charge in [-0.3, -0.25) is 9.59 Å². The number of rotatable bonds is 11. The Morgan fingerprint density at radius 2 is 1.53 bits per heavy atom. The Balaban J connectivity index is 0.969. The molecule has 1 saturated carbocycles. The van der Waals surface area contributed by atoms with Crippen molar-refractivity contribution in [2.75, 3.05) is 19.6 Å². The van der Waals surface area contributed by atoms with Crippen molar-refractivity contribution < 1.29 is 9.59 Å². The second kappa shape index (κ2) is 15.3. The van der Waals surface area contributed by atoms with E-state index in [1.165, 1.54) is 56.1 Å². The fourth-order valence-electron chi connectivity index (χ4n) is 7.47. The molecular weight excluding hydrogens is 530 g/mol. The summed E-state index contributed by atoms with van der Waals surface area (Å²) in [4.78, 5) is 28.0. The molecule has 232 valence electrons. The molecule has 0 spiro atoms. The lowest BCUT2D eigenvalue weighted by atomic mass is 9.77. The first-order chi connectivity index (χ1) is 20.9. The average Bonchev–Trinajstić information content (AvgIpc) is 3.28. The average molecular weight is 584 g/mol. The predicted molar refractivity (Wildman–Crippen MR) is 175 cm³/mol. The molecule has 0 N–H and O–H groups in total. The van der Waals surface area contributed by atoms with E-state index < -0.39 is 0 Å². The summed E-state index contributed by atoms with van der Waals surface area (Å²) < 4.78 is 0. The second-order valence-electron chi connectivity index (χ2n) is 14.1. The van der Waals surface area contributed by atoms with Crippen molar-refractivity contribution in [3.8, 4) is 0 Å². The van der Waals surface area contributed by atoms with Crippen molar-refractivity contribution in [3.63, 3.8) is 0 Å². The number of Topliss-reactive ketones (excluding diaryl/α,β-unsaturated/α-hetero) is 1. The summed E-state index contributed by atoms with van der Waals surface area (Å²) in [5.74, 6) is 3.79. The number of carbonyl (C=O) groups is 2. The molecule has 5 heteroatoms. The van der Waals surface area contributed by atoms with E-state index in [0.29, 0.717) is 30.6 Å². The monoisotopic (exact) mass is 583 g/mol. The van der Waals surface area contributed by atoms with Crippen molar-refractivity contribution in [1.82, 2.24) is 4.90 Å². The minimum absolute atomic E-state index is 0.176. The van der Waals surface area contributed by atoms with Crippen LogP contribution in [0.2, 0.25) is 0 Å². The molecule has 3 aliphatic rings. The van der Waals surface area contributed by atoms with Gasteiger partial charge in [-0.15, -0.1) is 0 Å². The number of aryl methyl sites for hydroxylation is 1. The Morgan fingerprint density at radius 3 is 2.26 bits per heavy atom. The third kappa shape index (κ3) is 8.86. The Hall–Kier alpha value is -2.82. The van der Waals surface area contributed by atoms with Crippen molar-refractivity contribution >= 4 is 17.4 Å². The maximum absolute atomic E-state index is 13.4. The normalized spacial score (nSPS) is 24.0. The predicted octanol–water partition coefficient (Wildman–Crippen LogP) is 9.82. The van der Waals surface area contributed by atoms with Crippen LogP contribution >= 0.6 is 0 Å². The van der Waals surface area contributed by atoms with Gasteiger partial charge < -0.3 is 4.90 Å². The van der Waals surface area contributed by atoms with Crippen LogP contribution in [0, 0.1) is 17.8 Å². The van der Waals surface area contributed by atoms with E-state index in [1.54, 1.807) is 0 Å². The second-order valence-corrected chi connectivity index (χ2v) is 14.1. The number of nitrogens with zero attached hydrogens (tertiary/aromatic N) is 3. The van der Waals surface area contributed by atoms with Crippen molar-refractivity contribution in [2.24, 2.45) is 28.0 Å². The summed E-state index contributed by atoms with van der Waals surface area (Å²) in [6.07, 6.45) is 14.7. The standard InChI is InChI=1S/C38H53N3O2/c1-27(2)33-16-12-32(13-17-33)15-20-35(42)19-14-31-10-8-30(9-11-31)7-6-29-5-4-23-41(24-22-29)38(43)34-18-21-37-36(25-34)28(3)26-39-40-37/h12-13,16-18,21,25,27-31H,4-11,14-15,19-20,22-24,26H2,1-3H3. The highest BCUT2D eigenvalue weighted by atomic mass is 16.2. The van der Waals surface area contributed by atoms with Crippen LogP contribution in [-0.4, -0.2) is 36.2 Å². The number of amides is 1. The molecular formula is C38H53N3O2. The van der Waals surface area contributed by atoms with Crippen LogP contribution in [0.15, 0.2) is 52.7 Å². The Morgan fingerprint density at radius 1 is 0.837 bits per heavy atom. The van der Waals surface area contributed by atoms with Crippen LogP contribution in [0.4, 0.5) is 5.69 Å². The van der Waals surface area contributed by atoms with Gasteiger partial charge in [-0.1, -0.05) is 83.6 Å². The largest absolute Gasteiger partial charge is 0.339 e. The summed E-state index contributed by atoms with van der Waals surface area (Å²) in [5.41, 5.74) is 5.51. The summed E-state index contributed by atoms with van der Waals surface area (Å²) in [5, 5.41) is 8.46. The Labute approximate surface area is 259 Å². The van der Waals surface area contributed by atoms with E-state index in [1.807, 2.05) is 12.1 Å². The highest BCUT2D eigenvalue weighted by Gasteiger charge is 2.26. The zero-order valence-electron chi connectivity index (χ0n) is 26.9. The highest BCUT2D eigenvalue weighted by molar-refractivity contribution is 5.95. The van der Waals surface area contributed by atoms with E-state index in [4.69, 9.17) is 0 Å². The lowest BCUT2D eigenvalue weighted by molar-refractivity contribution is -0.119. The Kier molecular flexibility index (Phi) is 11.2. The van der Waals surface area contributed by atoms with Gasteiger partial charge in [0.25, 0.3) is 5.91 Å². The number of benzene rings is 2. The molecule has 0 radical (unpaired) electrons. The minimum Gasteiger partial charge on any atom is -0.339 e. The van der Waals surface area contributed by atoms with E-state index >= 15 is 0 Å². The first-order valence-corrected chi connectivity index (χ1v) is 17.3. The van der Waals surface area contributed by atoms with E-state index in [2.05, 4.69) is 66.2 Å². The molecule has 2 aromatic carbocycles. The molecule has 1 amide bonds. The quantitative estimate of drug-likeness (QED) is 0.264. The topological polar surface area (TPSA) is 62.1 Å². The number of carbonyl (C=O) groups excluding carboxylic acids is 2. The summed E-state index contributed by atoms with van der Waals surface area (Å²) >= 11 is 0. The molecule has 43 heavy (non-hydrogen) atoms. The van der Waals surface area contributed by atoms with E-state index in [9.17, 15) is 9.59 Å². The van der Waals surface area contributed by atoms with Crippen molar-refractivity contribution in [1.29, 1.82) is 0 Å². The van der Waals surface area contributed by atoms with Gasteiger partial charge >= 0.3 is 0 Å². The first-order valence-electron chi connectivity index (χ1n) is 17.3. The summed E-state index contributed by atoms with van der Waals surface area (Å²) in [6, 6.07) is 14.8. The smallest absolute Gasteiger partial charge is 0.253 e. The van der Waals surface area contributed by atoms with Gasteiger partial charge in [0.1, 0.15) is 5.78 Å². The van der Waals surface area contributed by atoms with E-state index in [0.717, 1.165) is 79.8 Å². The maximum Gasteiger partial charge on any atom is 0.253 e. The molecule has 2 aliphatic heterocycles. The fourth-order valence-corrected chi connectivity index (χ4v) is 7.47.